The number of urea groups is 1. The summed E-state index contributed by atoms with van der Waals surface area (Å²) in [6.07, 6.45) is 3.63. The second-order valence-corrected chi connectivity index (χ2v) is 8.13. The van der Waals surface area contributed by atoms with Gasteiger partial charge in [0.05, 0.1) is 11.5 Å². The van der Waals surface area contributed by atoms with Crippen molar-refractivity contribution in [2.75, 3.05) is 24.6 Å². The van der Waals surface area contributed by atoms with Gasteiger partial charge in [-0.05, 0) is 19.8 Å². The molecule has 1 N–H and O–H groups in total. The molecule has 1 saturated carbocycles. The van der Waals surface area contributed by atoms with E-state index >= 15 is 0 Å². The molecule has 2 amide bonds. The number of rotatable bonds is 3. The summed E-state index contributed by atoms with van der Waals surface area (Å²) in [4.78, 5) is 26.6. The molecule has 0 bridgehead atoms. The van der Waals surface area contributed by atoms with Crippen LogP contribution in [0.4, 0.5) is 4.79 Å². The molecule has 0 spiro atoms. The van der Waals surface area contributed by atoms with Gasteiger partial charge >= 0.3 is 12.0 Å². The second kappa shape index (κ2) is 6.21. The minimum atomic E-state index is -3.09. The van der Waals surface area contributed by atoms with Crippen molar-refractivity contribution in [2.45, 2.75) is 44.7 Å². The molecule has 2 fully saturated rings. The van der Waals surface area contributed by atoms with Crippen LogP contribution in [0.1, 0.15) is 32.6 Å². The van der Waals surface area contributed by atoms with Gasteiger partial charge in [0.1, 0.15) is 6.54 Å². The Kier molecular flexibility index (Phi) is 4.75. The van der Waals surface area contributed by atoms with E-state index in [0.29, 0.717) is 0 Å². The fourth-order valence-electron chi connectivity index (χ4n) is 3.16. The Bertz CT molecular complexity index is 513. The number of hydrogen-bond donors (Lipinski definition) is 1. The number of carbonyl (C=O) groups is 2. The lowest BCUT2D eigenvalue weighted by molar-refractivity contribution is -0.138. The minimum Gasteiger partial charge on any atom is -0.480 e. The normalized spacial score (nSPS) is 25.8. The maximum Gasteiger partial charge on any atom is 0.323 e. The number of carboxylic acid groups (broad SMARTS) is 1. The highest BCUT2D eigenvalue weighted by atomic mass is 32.2. The predicted molar refractivity (Wildman–Crippen MR) is 76.8 cm³/mol. The second-order valence-electron chi connectivity index (χ2n) is 5.90. The van der Waals surface area contributed by atoms with Gasteiger partial charge in [-0.1, -0.05) is 12.8 Å². The fraction of sp³-hybridized carbons (Fsp3) is 0.846. The van der Waals surface area contributed by atoms with Crippen molar-refractivity contribution in [1.29, 1.82) is 0 Å². The zero-order chi connectivity index (χ0) is 15.6. The first-order valence-electron chi connectivity index (χ1n) is 7.29. The van der Waals surface area contributed by atoms with E-state index in [1.54, 1.807) is 6.92 Å². The van der Waals surface area contributed by atoms with E-state index in [2.05, 4.69) is 0 Å². The summed E-state index contributed by atoms with van der Waals surface area (Å²) in [5.41, 5.74) is 0. The van der Waals surface area contributed by atoms with E-state index in [1.165, 1.54) is 9.80 Å². The van der Waals surface area contributed by atoms with Gasteiger partial charge in [-0.3, -0.25) is 4.79 Å². The molecule has 1 aliphatic carbocycles. The largest absolute Gasteiger partial charge is 0.480 e. The van der Waals surface area contributed by atoms with Crippen molar-refractivity contribution >= 4 is 21.8 Å². The Balaban J connectivity index is 2.12. The molecular weight excluding hydrogens is 296 g/mol. The van der Waals surface area contributed by atoms with Gasteiger partial charge in [-0.25, -0.2) is 13.2 Å². The molecule has 2 rings (SSSR count). The van der Waals surface area contributed by atoms with E-state index in [-0.39, 0.29) is 36.7 Å². The maximum atomic E-state index is 12.6. The Morgan fingerprint density at radius 1 is 1.29 bits per heavy atom. The van der Waals surface area contributed by atoms with E-state index < -0.39 is 21.8 Å². The minimum absolute atomic E-state index is 0.0423. The SMILES string of the molecule is CC1CS(=O)(=O)CCN1C(=O)N(CC(=O)O)C1CCCC1. The van der Waals surface area contributed by atoms with Crippen LogP contribution in [0.25, 0.3) is 0 Å². The topological polar surface area (TPSA) is 95.0 Å². The predicted octanol–water partition coefficient (Wildman–Crippen LogP) is 0.555. The number of aliphatic carboxylic acids is 1. The average Bonchev–Trinajstić information content (AvgIpc) is 2.87. The van der Waals surface area contributed by atoms with Crippen molar-refractivity contribution in [3.05, 3.63) is 0 Å². The van der Waals surface area contributed by atoms with E-state index in [0.717, 1.165) is 25.7 Å². The van der Waals surface area contributed by atoms with E-state index in [4.69, 9.17) is 5.11 Å². The van der Waals surface area contributed by atoms with Gasteiger partial charge in [0.25, 0.3) is 0 Å². The molecule has 1 unspecified atom stereocenters. The molecule has 0 aromatic rings. The molecule has 1 aliphatic heterocycles. The van der Waals surface area contributed by atoms with Gasteiger partial charge < -0.3 is 14.9 Å². The van der Waals surface area contributed by atoms with Crippen molar-refractivity contribution in [3.8, 4) is 0 Å². The molecule has 7 nitrogen and oxygen atoms in total. The molecule has 0 aromatic carbocycles. The van der Waals surface area contributed by atoms with Crippen molar-refractivity contribution < 1.29 is 23.1 Å². The number of amides is 2. The highest BCUT2D eigenvalue weighted by Crippen LogP contribution is 2.25. The van der Waals surface area contributed by atoms with Gasteiger partial charge in [-0.2, -0.15) is 0 Å². The van der Waals surface area contributed by atoms with Crippen LogP contribution in [-0.2, 0) is 14.6 Å². The molecule has 2 aliphatic rings. The Hall–Kier alpha value is -1.31. The molecule has 1 saturated heterocycles. The highest BCUT2D eigenvalue weighted by molar-refractivity contribution is 7.91. The van der Waals surface area contributed by atoms with Crippen LogP contribution < -0.4 is 0 Å². The standard InChI is InChI=1S/C13H22N2O5S/c1-10-9-21(19,20)7-6-14(10)13(18)15(8-12(16)17)11-4-2-3-5-11/h10-11H,2-9H2,1H3,(H,16,17). The molecule has 1 atom stereocenters. The number of hydrogen-bond acceptors (Lipinski definition) is 4. The first kappa shape index (κ1) is 16.1. The first-order chi connectivity index (χ1) is 9.80. The van der Waals surface area contributed by atoms with Crippen molar-refractivity contribution in [3.63, 3.8) is 0 Å². The van der Waals surface area contributed by atoms with Gasteiger partial charge in [0.15, 0.2) is 9.84 Å². The first-order valence-corrected chi connectivity index (χ1v) is 9.12. The lowest BCUT2D eigenvalue weighted by atomic mass is 10.2. The third kappa shape index (κ3) is 3.87. The van der Waals surface area contributed by atoms with E-state index in [1.807, 2.05) is 0 Å². The number of sulfone groups is 1. The summed E-state index contributed by atoms with van der Waals surface area (Å²) in [6.45, 7) is 1.52. The molecule has 0 aromatic heterocycles. The summed E-state index contributed by atoms with van der Waals surface area (Å²) in [5, 5.41) is 9.03. The Morgan fingerprint density at radius 2 is 1.90 bits per heavy atom. The van der Waals surface area contributed by atoms with Crippen LogP contribution in [0.3, 0.4) is 0 Å². The third-order valence-electron chi connectivity index (χ3n) is 4.23. The molecule has 0 radical (unpaired) electrons. The summed E-state index contributed by atoms with van der Waals surface area (Å²) in [6, 6.07) is -0.792. The molecule has 21 heavy (non-hydrogen) atoms. The van der Waals surface area contributed by atoms with E-state index in [9.17, 15) is 18.0 Å². The van der Waals surface area contributed by atoms with Crippen molar-refractivity contribution in [1.82, 2.24) is 9.80 Å². The van der Waals surface area contributed by atoms with Gasteiger partial charge in [0.2, 0.25) is 0 Å². The summed E-state index contributed by atoms with van der Waals surface area (Å²) in [7, 11) is -3.09. The quantitative estimate of drug-likeness (QED) is 0.820. The Morgan fingerprint density at radius 3 is 2.43 bits per heavy atom. The summed E-state index contributed by atoms with van der Waals surface area (Å²) in [5.74, 6) is -1.13. The molecule has 8 heteroatoms. The lowest BCUT2D eigenvalue weighted by Crippen LogP contribution is -2.56. The van der Waals surface area contributed by atoms with Crippen LogP contribution in [0.5, 0.6) is 0 Å². The van der Waals surface area contributed by atoms with Crippen LogP contribution in [-0.4, -0.2) is 72.0 Å². The number of carbonyl (C=O) groups excluding carboxylic acids is 1. The number of carboxylic acids is 1. The monoisotopic (exact) mass is 318 g/mol. The van der Waals surface area contributed by atoms with Gasteiger partial charge in [-0.15, -0.1) is 0 Å². The average molecular weight is 318 g/mol. The maximum absolute atomic E-state index is 12.6. The smallest absolute Gasteiger partial charge is 0.323 e. The third-order valence-corrected chi connectivity index (χ3v) is 6.03. The van der Waals surface area contributed by atoms with Crippen molar-refractivity contribution in [2.24, 2.45) is 0 Å². The van der Waals surface area contributed by atoms with Crippen LogP contribution in [0, 0.1) is 0 Å². The molecular formula is C13H22N2O5S. The summed E-state index contributed by atoms with van der Waals surface area (Å²) < 4.78 is 23.2. The highest BCUT2D eigenvalue weighted by Gasteiger charge is 2.37. The van der Waals surface area contributed by atoms with Crippen LogP contribution in [0.15, 0.2) is 0 Å². The number of nitrogens with zero attached hydrogens (tertiary/aromatic N) is 2. The summed E-state index contributed by atoms with van der Waals surface area (Å²) >= 11 is 0. The van der Waals surface area contributed by atoms with Crippen LogP contribution >= 0.6 is 0 Å². The fourth-order valence-corrected chi connectivity index (χ4v) is 4.72. The van der Waals surface area contributed by atoms with Crippen LogP contribution in [0.2, 0.25) is 0 Å². The zero-order valence-electron chi connectivity index (χ0n) is 12.2. The Labute approximate surface area is 124 Å². The molecule has 1 heterocycles. The molecule has 120 valence electrons. The van der Waals surface area contributed by atoms with Gasteiger partial charge in [0, 0.05) is 18.6 Å². The lowest BCUT2D eigenvalue weighted by Gasteiger charge is -2.38. The zero-order valence-corrected chi connectivity index (χ0v) is 13.0.